The summed E-state index contributed by atoms with van der Waals surface area (Å²) in [6.07, 6.45) is 2.43. The summed E-state index contributed by atoms with van der Waals surface area (Å²) in [5.41, 5.74) is 0.595. The zero-order valence-electron chi connectivity index (χ0n) is 15.7. The van der Waals surface area contributed by atoms with Gasteiger partial charge in [-0.1, -0.05) is 44.2 Å². The van der Waals surface area contributed by atoms with Gasteiger partial charge in [-0.2, -0.15) is 0 Å². The van der Waals surface area contributed by atoms with E-state index >= 15 is 0 Å². The third-order valence-corrected chi connectivity index (χ3v) is 4.63. The average molecular weight is 379 g/mol. The number of hydrogen-bond acceptors (Lipinski definition) is 5. The highest BCUT2D eigenvalue weighted by atomic mass is 16.6. The third kappa shape index (κ3) is 3.69. The monoisotopic (exact) mass is 379 g/mol. The van der Waals surface area contributed by atoms with Crippen LogP contribution >= 0.6 is 0 Å². The van der Waals surface area contributed by atoms with Gasteiger partial charge < -0.3 is 0 Å². The van der Waals surface area contributed by atoms with Crippen LogP contribution in [-0.4, -0.2) is 29.5 Å². The molecule has 0 saturated carbocycles. The van der Waals surface area contributed by atoms with Crippen molar-refractivity contribution in [2.75, 3.05) is 11.4 Å². The number of carbonyl (C=O) groups is 2. The van der Waals surface area contributed by atoms with Gasteiger partial charge in [0.05, 0.1) is 10.8 Å². The summed E-state index contributed by atoms with van der Waals surface area (Å²) in [4.78, 5) is 42.3. The van der Waals surface area contributed by atoms with E-state index in [9.17, 15) is 19.7 Å². The lowest BCUT2D eigenvalue weighted by molar-refractivity contribution is -0.384. The van der Waals surface area contributed by atoms with E-state index in [0.717, 1.165) is 11.3 Å². The standard InChI is InChI=1S/C21H21N3O4/c1-14(2)11-12-22-13-17-15-7-3-4-8-16(15)20(25)23(21(17)26)18-9-5-6-10-19(18)24(27)28/h3-10,13-14,17H,11-12H2,1-2H3. The minimum absolute atomic E-state index is 0.0300. The number of para-hydroxylation sites is 2. The fourth-order valence-electron chi connectivity index (χ4n) is 3.15. The molecule has 1 aliphatic rings. The molecule has 7 heteroatoms. The maximum atomic E-state index is 13.2. The molecule has 0 spiro atoms. The second kappa shape index (κ2) is 8.12. The number of nitrogens with zero attached hydrogens (tertiary/aromatic N) is 3. The van der Waals surface area contributed by atoms with E-state index in [1.54, 1.807) is 36.5 Å². The minimum atomic E-state index is -0.763. The highest BCUT2D eigenvalue weighted by molar-refractivity contribution is 6.29. The molecule has 0 bridgehead atoms. The molecule has 2 amide bonds. The molecular formula is C21H21N3O4. The van der Waals surface area contributed by atoms with Gasteiger partial charge in [-0.05, 0) is 30.0 Å². The second-order valence-corrected chi connectivity index (χ2v) is 7.03. The fourth-order valence-corrected chi connectivity index (χ4v) is 3.15. The molecule has 7 nitrogen and oxygen atoms in total. The molecule has 0 aromatic heterocycles. The van der Waals surface area contributed by atoms with E-state index < -0.39 is 22.7 Å². The molecule has 1 heterocycles. The van der Waals surface area contributed by atoms with Crippen LogP contribution in [0.3, 0.4) is 0 Å². The molecular weight excluding hydrogens is 358 g/mol. The molecule has 28 heavy (non-hydrogen) atoms. The van der Waals surface area contributed by atoms with Gasteiger partial charge >= 0.3 is 0 Å². The summed E-state index contributed by atoms with van der Waals surface area (Å²) in [5.74, 6) is -1.38. The SMILES string of the molecule is CC(C)CCN=CC1C(=O)N(c2ccccc2[N+](=O)[O-])C(=O)c2ccccc21. The highest BCUT2D eigenvalue weighted by Gasteiger charge is 2.41. The van der Waals surface area contributed by atoms with Crippen LogP contribution in [0.25, 0.3) is 0 Å². The van der Waals surface area contributed by atoms with Crippen molar-refractivity contribution in [3.8, 4) is 0 Å². The van der Waals surface area contributed by atoms with Crippen LogP contribution < -0.4 is 4.90 Å². The van der Waals surface area contributed by atoms with Crippen molar-refractivity contribution in [3.05, 3.63) is 69.8 Å². The molecule has 144 valence electrons. The lowest BCUT2D eigenvalue weighted by atomic mass is 9.88. The molecule has 2 aromatic carbocycles. The Morgan fingerprint density at radius 3 is 2.54 bits per heavy atom. The summed E-state index contributed by atoms with van der Waals surface area (Å²) in [6.45, 7) is 4.75. The van der Waals surface area contributed by atoms with Crippen molar-refractivity contribution in [3.63, 3.8) is 0 Å². The van der Waals surface area contributed by atoms with Crippen LogP contribution in [0.2, 0.25) is 0 Å². The topological polar surface area (TPSA) is 92.9 Å². The van der Waals surface area contributed by atoms with Crippen LogP contribution in [-0.2, 0) is 4.79 Å². The largest absolute Gasteiger partial charge is 0.296 e. The quantitative estimate of drug-likeness (QED) is 0.328. The predicted molar refractivity (Wildman–Crippen MR) is 107 cm³/mol. The Balaban J connectivity index is 2.06. The number of benzene rings is 2. The third-order valence-electron chi connectivity index (χ3n) is 4.63. The van der Waals surface area contributed by atoms with Gasteiger partial charge in [0.15, 0.2) is 0 Å². The molecule has 0 aliphatic carbocycles. The van der Waals surface area contributed by atoms with E-state index in [4.69, 9.17) is 0 Å². The van der Waals surface area contributed by atoms with Crippen molar-refractivity contribution in [2.24, 2.45) is 10.9 Å². The van der Waals surface area contributed by atoms with Gasteiger partial charge in [0.2, 0.25) is 5.91 Å². The van der Waals surface area contributed by atoms with Crippen molar-refractivity contribution in [1.82, 2.24) is 0 Å². The van der Waals surface area contributed by atoms with E-state index in [-0.39, 0.29) is 11.4 Å². The van der Waals surface area contributed by atoms with Crippen molar-refractivity contribution in [1.29, 1.82) is 0 Å². The first kappa shape index (κ1) is 19.4. The summed E-state index contributed by atoms with van der Waals surface area (Å²) < 4.78 is 0. The number of imide groups is 1. The number of aliphatic imine (C=N–C) groups is 1. The van der Waals surface area contributed by atoms with E-state index in [1.165, 1.54) is 18.2 Å². The Labute approximate surface area is 162 Å². The second-order valence-electron chi connectivity index (χ2n) is 7.03. The van der Waals surface area contributed by atoms with Crippen LogP contribution in [0.4, 0.5) is 11.4 Å². The number of anilines is 1. The number of rotatable bonds is 6. The van der Waals surface area contributed by atoms with Gasteiger partial charge in [-0.15, -0.1) is 0 Å². The van der Waals surface area contributed by atoms with E-state index in [2.05, 4.69) is 18.8 Å². The van der Waals surface area contributed by atoms with Crippen LogP contribution in [0, 0.1) is 16.0 Å². The molecule has 2 aromatic rings. The summed E-state index contributed by atoms with van der Waals surface area (Å²) >= 11 is 0. The lowest BCUT2D eigenvalue weighted by Crippen LogP contribution is -2.45. The van der Waals surface area contributed by atoms with Gasteiger partial charge in [0, 0.05) is 24.4 Å². The Hall–Kier alpha value is -3.35. The Morgan fingerprint density at radius 2 is 1.82 bits per heavy atom. The van der Waals surface area contributed by atoms with E-state index in [0.29, 0.717) is 23.6 Å². The molecule has 1 unspecified atom stereocenters. The van der Waals surface area contributed by atoms with E-state index in [1.807, 2.05) is 0 Å². The molecule has 1 aliphatic heterocycles. The minimum Gasteiger partial charge on any atom is -0.296 e. The Kier molecular flexibility index (Phi) is 5.63. The summed E-state index contributed by atoms with van der Waals surface area (Å²) in [7, 11) is 0. The zero-order valence-corrected chi connectivity index (χ0v) is 15.7. The Morgan fingerprint density at radius 1 is 1.14 bits per heavy atom. The summed E-state index contributed by atoms with van der Waals surface area (Å²) in [5, 5.41) is 11.4. The van der Waals surface area contributed by atoms with Gasteiger partial charge in [0.25, 0.3) is 11.6 Å². The number of nitro benzene ring substituents is 1. The maximum absolute atomic E-state index is 13.2. The molecule has 0 N–H and O–H groups in total. The zero-order chi connectivity index (χ0) is 20.3. The first-order chi connectivity index (χ1) is 13.4. The highest BCUT2D eigenvalue weighted by Crippen LogP contribution is 2.36. The average Bonchev–Trinajstić information content (AvgIpc) is 2.67. The summed E-state index contributed by atoms with van der Waals surface area (Å²) in [6, 6.07) is 12.6. The first-order valence-corrected chi connectivity index (χ1v) is 9.12. The van der Waals surface area contributed by atoms with Crippen molar-refractivity contribution in [2.45, 2.75) is 26.2 Å². The molecule has 0 saturated heterocycles. The number of nitro groups is 1. The molecule has 1 atom stereocenters. The maximum Gasteiger partial charge on any atom is 0.293 e. The van der Waals surface area contributed by atoms with Crippen LogP contribution in [0.15, 0.2) is 53.5 Å². The Bertz CT molecular complexity index is 952. The molecule has 3 rings (SSSR count). The fraction of sp³-hybridized carbons (Fsp3) is 0.286. The van der Waals surface area contributed by atoms with Gasteiger partial charge in [-0.3, -0.25) is 24.7 Å². The first-order valence-electron chi connectivity index (χ1n) is 9.12. The molecule has 0 fully saturated rings. The smallest absolute Gasteiger partial charge is 0.293 e. The normalized spacial score (nSPS) is 16.7. The van der Waals surface area contributed by atoms with Gasteiger partial charge in [0.1, 0.15) is 5.69 Å². The predicted octanol–water partition coefficient (Wildman–Crippen LogP) is 3.98. The molecule has 0 radical (unpaired) electrons. The number of fused-ring (bicyclic) bond motifs is 1. The lowest BCUT2D eigenvalue weighted by Gasteiger charge is -2.30. The van der Waals surface area contributed by atoms with Crippen molar-refractivity contribution >= 4 is 29.4 Å². The number of carbonyl (C=O) groups excluding carboxylic acids is 2. The number of hydrogen-bond donors (Lipinski definition) is 0. The van der Waals surface area contributed by atoms with Crippen LogP contribution in [0.1, 0.15) is 42.1 Å². The van der Waals surface area contributed by atoms with Gasteiger partial charge in [-0.25, -0.2) is 4.90 Å². The number of amides is 2. The van der Waals surface area contributed by atoms with Crippen LogP contribution in [0.5, 0.6) is 0 Å². The van der Waals surface area contributed by atoms with Crippen molar-refractivity contribution < 1.29 is 14.5 Å².